The van der Waals surface area contributed by atoms with Gasteiger partial charge in [0.1, 0.15) is 11.6 Å². The van der Waals surface area contributed by atoms with Crippen LogP contribution in [-0.2, 0) is 28.5 Å². The minimum atomic E-state index is -0.383. The second-order valence-corrected chi connectivity index (χ2v) is 6.65. The van der Waals surface area contributed by atoms with E-state index < -0.39 is 0 Å². The first-order chi connectivity index (χ1) is 11.1. The monoisotopic (exact) mass is 326 g/mol. The van der Waals surface area contributed by atoms with Crippen LogP contribution in [0.1, 0.15) is 57.8 Å². The Hall–Kier alpha value is -0.820. The maximum Gasteiger partial charge on any atom is 0.169 e. The molecule has 130 valence electrons. The van der Waals surface area contributed by atoms with Crippen LogP contribution in [0.15, 0.2) is 0 Å². The normalized spacial score (nSPS) is 29.4. The van der Waals surface area contributed by atoms with Gasteiger partial charge in [0.05, 0.1) is 26.4 Å². The zero-order chi connectivity index (χ0) is 16.2. The number of ketones is 2. The van der Waals surface area contributed by atoms with Crippen molar-refractivity contribution in [1.82, 2.24) is 0 Å². The number of rotatable bonds is 0. The van der Waals surface area contributed by atoms with Gasteiger partial charge in [0.2, 0.25) is 0 Å². The van der Waals surface area contributed by atoms with E-state index in [9.17, 15) is 9.59 Å². The highest BCUT2D eigenvalue weighted by Crippen LogP contribution is 2.34. The predicted molar refractivity (Wildman–Crippen MR) is 80.8 cm³/mol. The van der Waals surface area contributed by atoms with E-state index in [1.165, 1.54) is 0 Å². The molecule has 6 heteroatoms. The highest BCUT2D eigenvalue weighted by molar-refractivity contribution is 5.79. The van der Waals surface area contributed by atoms with Gasteiger partial charge >= 0.3 is 0 Å². The standard InChI is InChI=1S/C9H14O3.C8H12O3/c10-8-2-4-9(5-3-8)11-6-1-7-12-9;9-7-1-3-8(4-2-7)10-5-6-11-8/h1-7H2;1-6H2. The van der Waals surface area contributed by atoms with Crippen molar-refractivity contribution < 1.29 is 28.5 Å². The molecule has 0 radical (unpaired) electrons. The Labute approximate surface area is 136 Å². The van der Waals surface area contributed by atoms with Gasteiger partial charge in [0, 0.05) is 51.4 Å². The number of ether oxygens (including phenoxy) is 4. The number of carbonyl (C=O) groups excluding carboxylic acids is 2. The lowest BCUT2D eigenvalue weighted by Gasteiger charge is -2.39. The fourth-order valence-electron chi connectivity index (χ4n) is 3.51. The zero-order valence-electron chi connectivity index (χ0n) is 13.6. The van der Waals surface area contributed by atoms with Crippen molar-refractivity contribution in [3.63, 3.8) is 0 Å². The zero-order valence-corrected chi connectivity index (χ0v) is 13.6. The summed E-state index contributed by atoms with van der Waals surface area (Å²) in [6, 6.07) is 0. The molecule has 2 aliphatic heterocycles. The van der Waals surface area contributed by atoms with Crippen LogP contribution in [0.5, 0.6) is 0 Å². The van der Waals surface area contributed by atoms with Gasteiger partial charge in [-0.2, -0.15) is 0 Å². The molecule has 0 aromatic heterocycles. The quantitative estimate of drug-likeness (QED) is 0.679. The largest absolute Gasteiger partial charge is 0.350 e. The fraction of sp³-hybridized carbons (Fsp3) is 0.882. The summed E-state index contributed by atoms with van der Waals surface area (Å²) in [5.74, 6) is -0.0619. The van der Waals surface area contributed by atoms with Crippen molar-refractivity contribution in [3.05, 3.63) is 0 Å². The molecular weight excluding hydrogens is 300 g/mol. The van der Waals surface area contributed by atoms with Crippen LogP contribution in [-0.4, -0.2) is 49.6 Å². The Bertz CT molecular complexity index is 410. The van der Waals surface area contributed by atoms with Crippen LogP contribution in [0.2, 0.25) is 0 Å². The third-order valence-electron chi connectivity index (χ3n) is 4.97. The van der Waals surface area contributed by atoms with Crippen molar-refractivity contribution in [1.29, 1.82) is 0 Å². The van der Waals surface area contributed by atoms with Crippen LogP contribution in [0.4, 0.5) is 0 Å². The molecule has 0 amide bonds. The molecule has 4 fully saturated rings. The highest BCUT2D eigenvalue weighted by Gasteiger charge is 2.40. The first-order valence-corrected chi connectivity index (χ1v) is 8.71. The van der Waals surface area contributed by atoms with Gasteiger partial charge in [-0.3, -0.25) is 9.59 Å². The molecule has 0 aromatic rings. The molecule has 4 aliphatic rings. The number of Topliss-reactive ketones (excluding diaryl/α,β-unsaturated/α-hetero) is 2. The molecule has 0 N–H and O–H groups in total. The van der Waals surface area contributed by atoms with E-state index in [0.29, 0.717) is 50.5 Å². The Kier molecular flexibility index (Phi) is 5.46. The van der Waals surface area contributed by atoms with Gasteiger partial charge in [-0.05, 0) is 6.42 Å². The van der Waals surface area contributed by atoms with Crippen LogP contribution in [0.3, 0.4) is 0 Å². The van der Waals surface area contributed by atoms with Gasteiger partial charge in [0.25, 0.3) is 0 Å². The number of hydrogen-bond donors (Lipinski definition) is 0. The van der Waals surface area contributed by atoms with E-state index in [-0.39, 0.29) is 11.6 Å². The Balaban J connectivity index is 0.000000136. The molecule has 2 saturated carbocycles. The molecule has 4 rings (SSSR count). The Morgan fingerprint density at radius 3 is 1.30 bits per heavy atom. The number of hydrogen-bond acceptors (Lipinski definition) is 6. The molecule has 0 bridgehead atoms. The second kappa shape index (κ2) is 7.38. The summed E-state index contributed by atoms with van der Waals surface area (Å²) in [6.45, 7) is 2.95. The summed E-state index contributed by atoms with van der Waals surface area (Å²) in [7, 11) is 0. The highest BCUT2D eigenvalue weighted by atomic mass is 16.7. The van der Waals surface area contributed by atoms with E-state index in [1.54, 1.807) is 0 Å². The molecule has 6 nitrogen and oxygen atoms in total. The van der Waals surface area contributed by atoms with E-state index in [0.717, 1.165) is 45.3 Å². The first-order valence-electron chi connectivity index (χ1n) is 8.71. The molecule has 2 heterocycles. The molecule has 2 spiro atoms. The van der Waals surface area contributed by atoms with E-state index in [1.807, 2.05) is 0 Å². The fourth-order valence-corrected chi connectivity index (χ4v) is 3.51. The van der Waals surface area contributed by atoms with Gasteiger partial charge in [-0.1, -0.05) is 0 Å². The van der Waals surface area contributed by atoms with Crippen molar-refractivity contribution in [2.45, 2.75) is 69.4 Å². The van der Waals surface area contributed by atoms with Gasteiger partial charge in [0.15, 0.2) is 11.6 Å². The summed E-state index contributed by atoms with van der Waals surface area (Å²) in [5, 5.41) is 0. The van der Waals surface area contributed by atoms with E-state index in [4.69, 9.17) is 18.9 Å². The van der Waals surface area contributed by atoms with Gasteiger partial charge < -0.3 is 18.9 Å². The molecule has 0 unspecified atom stereocenters. The molecular formula is C17H26O6. The van der Waals surface area contributed by atoms with E-state index >= 15 is 0 Å². The lowest BCUT2D eigenvalue weighted by Crippen LogP contribution is -2.43. The van der Waals surface area contributed by atoms with Crippen LogP contribution in [0.25, 0.3) is 0 Å². The lowest BCUT2D eigenvalue weighted by molar-refractivity contribution is -0.277. The Morgan fingerprint density at radius 2 is 0.913 bits per heavy atom. The smallest absolute Gasteiger partial charge is 0.169 e. The molecule has 0 atom stereocenters. The maximum absolute atomic E-state index is 11.0. The minimum absolute atomic E-state index is 0.342. The number of carbonyl (C=O) groups is 2. The predicted octanol–water partition coefficient (Wildman–Crippen LogP) is 2.14. The SMILES string of the molecule is O=C1CCC2(CC1)OCCCO2.O=C1CCC2(CC1)OCCO2. The average molecular weight is 326 g/mol. The van der Waals surface area contributed by atoms with Crippen LogP contribution >= 0.6 is 0 Å². The molecule has 2 saturated heterocycles. The van der Waals surface area contributed by atoms with Gasteiger partial charge in [-0.25, -0.2) is 0 Å². The summed E-state index contributed by atoms with van der Waals surface area (Å²) in [5.41, 5.74) is 0. The third-order valence-corrected chi connectivity index (χ3v) is 4.97. The van der Waals surface area contributed by atoms with Gasteiger partial charge in [-0.15, -0.1) is 0 Å². The maximum atomic E-state index is 11.0. The summed E-state index contributed by atoms with van der Waals surface area (Å²) >= 11 is 0. The lowest BCUT2D eigenvalue weighted by atomic mass is 9.92. The van der Waals surface area contributed by atoms with Crippen molar-refractivity contribution >= 4 is 11.6 Å². The minimum Gasteiger partial charge on any atom is -0.350 e. The summed E-state index contributed by atoms with van der Waals surface area (Å²) < 4.78 is 22.1. The van der Waals surface area contributed by atoms with Crippen molar-refractivity contribution in [3.8, 4) is 0 Å². The topological polar surface area (TPSA) is 71.1 Å². The molecule has 0 aromatic carbocycles. The third kappa shape index (κ3) is 4.38. The van der Waals surface area contributed by atoms with E-state index in [2.05, 4.69) is 0 Å². The Morgan fingerprint density at radius 1 is 0.565 bits per heavy atom. The summed E-state index contributed by atoms with van der Waals surface area (Å²) in [6.07, 6.45) is 6.50. The van der Waals surface area contributed by atoms with Crippen molar-refractivity contribution in [2.75, 3.05) is 26.4 Å². The van der Waals surface area contributed by atoms with Crippen molar-refractivity contribution in [2.24, 2.45) is 0 Å². The summed E-state index contributed by atoms with van der Waals surface area (Å²) in [4.78, 5) is 21.9. The molecule has 2 aliphatic carbocycles. The average Bonchev–Trinajstić information content (AvgIpc) is 3.04. The second-order valence-electron chi connectivity index (χ2n) is 6.65. The molecule has 23 heavy (non-hydrogen) atoms. The first kappa shape index (κ1) is 17.0. The van der Waals surface area contributed by atoms with Crippen LogP contribution < -0.4 is 0 Å². The van der Waals surface area contributed by atoms with Crippen LogP contribution in [0, 0.1) is 0 Å².